The zero-order valence-electron chi connectivity index (χ0n) is 6.91. The van der Waals surface area contributed by atoms with Gasteiger partial charge in [-0.1, -0.05) is 6.58 Å². The molecule has 1 amide bonds. The predicted molar refractivity (Wildman–Crippen MR) is 45.5 cm³/mol. The van der Waals surface area contributed by atoms with Gasteiger partial charge in [-0.25, -0.2) is 0 Å². The molecule has 4 nitrogen and oxygen atoms in total. The number of carbonyl (C=O) groups excluding carboxylic acids is 1. The van der Waals surface area contributed by atoms with E-state index in [0.717, 1.165) is 0 Å². The second-order valence-electron chi connectivity index (χ2n) is 2.30. The van der Waals surface area contributed by atoms with Gasteiger partial charge in [-0.15, -0.1) is 0 Å². The summed E-state index contributed by atoms with van der Waals surface area (Å²) in [5.41, 5.74) is 0. The highest BCUT2D eigenvalue weighted by atomic mass is 16.3. The van der Waals surface area contributed by atoms with Crippen LogP contribution in [0.25, 0.3) is 0 Å². The third-order valence-corrected chi connectivity index (χ3v) is 1.39. The van der Waals surface area contributed by atoms with Crippen LogP contribution in [-0.2, 0) is 11.3 Å². The normalized spacial score (nSPS) is 8.85. The first-order chi connectivity index (χ1) is 6.26. The number of nitrogens with one attached hydrogen (secondary N) is 1. The highest BCUT2D eigenvalue weighted by Gasteiger charge is 2.01. The molecular weight excluding hydrogens is 168 g/mol. The van der Waals surface area contributed by atoms with Gasteiger partial charge in [0.1, 0.15) is 11.8 Å². The van der Waals surface area contributed by atoms with Crippen LogP contribution in [0.1, 0.15) is 11.5 Å². The minimum Gasteiger partial charge on any atom is -0.449 e. The summed E-state index contributed by atoms with van der Waals surface area (Å²) in [5.74, 6) is 0.518. The number of amides is 1. The molecule has 0 saturated carbocycles. The Morgan fingerprint density at radius 1 is 1.77 bits per heavy atom. The molecule has 0 unspecified atom stereocenters. The van der Waals surface area contributed by atoms with E-state index in [1.807, 2.05) is 6.07 Å². The first kappa shape index (κ1) is 9.07. The number of nitrogens with zero attached hydrogens (tertiary/aromatic N) is 1. The average molecular weight is 176 g/mol. The summed E-state index contributed by atoms with van der Waals surface area (Å²) < 4.78 is 5.02. The smallest absolute Gasteiger partial charge is 0.243 e. The Morgan fingerprint density at radius 3 is 3.08 bits per heavy atom. The van der Waals surface area contributed by atoms with Crippen LogP contribution in [0.15, 0.2) is 29.2 Å². The van der Waals surface area contributed by atoms with Crippen molar-refractivity contribution in [2.24, 2.45) is 0 Å². The first-order valence-corrected chi connectivity index (χ1v) is 3.65. The molecular formula is C9H8N2O2. The van der Waals surface area contributed by atoms with Crippen LogP contribution >= 0.6 is 0 Å². The van der Waals surface area contributed by atoms with Gasteiger partial charge in [-0.3, -0.25) is 4.79 Å². The van der Waals surface area contributed by atoms with E-state index in [0.29, 0.717) is 5.76 Å². The van der Waals surface area contributed by atoms with Gasteiger partial charge >= 0.3 is 0 Å². The van der Waals surface area contributed by atoms with Crippen molar-refractivity contribution < 1.29 is 9.21 Å². The number of carbonyl (C=O) groups is 1. The molecule has 0 aliphatic heterocycles. The summed E-state index contributed by atoms with van der Waals surface area (Å²) in [6, 6.07) is 5.04. The first-order valence-electron chi connectivity index (χ1n) is 3.65. The standard InChI is InChI=1S/C9H8N2O2/c1-2-9(12)11-6-8-4-3-7(5-10)13-8/h2-4H,1,6H2,(H,11,12). The van der Waals surface area contributed by atoms with E-state index in [-0.39, 0.29) is 18.2 Å². The van der Waals surface area contributed by atoms with Gasteiger partial charge in [0.2, 0.25) is 11.7 Å². The molecule has 1 N–H and O–H groups in total. The average Bonchev–Trinajstić information content (AvgIpc) is 2.61. The fraction of sp³-hybridized carbons (Fsp3) is 0.111. The van der Waals surface area contributed by atoms with Crippen LogP contribution in [0.4, 0.5) is 0 Å². The van der Waals surface area contributed by atoms with Crippen LogP contribution in [0.3, 0.4) is 0 Å². The van der Waals surface area contributed by atoms with Crippen LogP contribution in [0, 0.1) is 11.3 Å². The molecule has 0 atom stereocenters. The summed E-state index contributed by atoms with van der Waals surface area (Å²) >= 11 is 0. The molecule has 0 aliphatic carbocycles. The monoisotopic (exact) mass is 176 g/mol. The largest absolute Gasteiger partial charge is 0.449 e. The maximum absolute atomic E-state index is 10.7. The zero-order valence-corrected chi connectivity index (χ0v) is 6.91. The van der Waals surface area contributed by atoms with E-state index < -0.39 is 0 Å². The number of hydrogen-bond acceptors (Lipinski definition) is 3. The molecule has 0 aromatic carbocycles. The molecule has 1 aromatic heterocycles. The van der Waals surface area contributed by atoms with Crippen molar-refractivity contribution in [2.75, 3.05) is 0 Å². The van der Waals surface area contributed by atoms with Crippen molar-refractivity contribution in [3.8, 4) is 6.07 Å². The van der Waals surface area contributed by atoms with E-state index >= 15 is 0 Å². The Bertz CT molecular complexity index is 360. The summed E-state index contributed by atoms with van der Waals surface area (Å²) in [6.45, 7) is 3.57. The molecule has 0 spiro atoms. The fourth-order valence-electron chi connectivity index (χ4n) is 0.779. The summed E-state index contributed by atoms with van der Waals surface area (Å²) in [6.07, 6.45) is 1.17. The number of furan rings is 1. The van der Waals surface area contributed by atoms with E-state index in [1.165, 1.54) is 6.08 Å². The van der Waals surface area contributed by atoms with Crippen LogP contribution in [0.5, 0.6) is 0 Å². The van der Waals surface area contributed by atoms with Gasteiger partial charge in [-0.05, 0) is 18.2 Å². The molecule has 0 bridgehead atoms. The van der Waals surface area contributed by atoms with Crippen LogP contribution < -0.4 is 5.32 Å². The van der Waals surface area contributed by atoms with Crippen molar-refractivity contribution in [3.63, 3.8) is 0 Å². The minimum atomic E-state index is -0.269. The lowest BCUT2D eigenvalue weighted by atomic mass is 10.4. The third-order valence-electron chi connectivity index (χ3n) is 1.39. The summed E-state index contributed by atoms with van der Waals surface area (Å²) in [4.78, 5) is 10.7. The van der Waals surface area contributed by atoms with Crippen molar-refractivity contribution in [3.05, 3.63) is 36.3 Å². The maximum atomic E-state index is 10.7. The Kier molecular flexibility index (Phi) is 2.87. The molecule has 0 fully saturated rings. The van der Waals surface area contributed by atoms with E-state index in [2.05, 4.69) is 11.9 Å². The number of nitriles is 1. The molecule has 0 saturated heterocycles. The molecule has 66 valence electrons. The topological polar surface area (TPSA) is 66.0 Å². The minimum absolute atomic E-state index is 0.239. The fourth-order valence-corrected chi connectivity index (χ4v) is 0.779. The van der Waals surface area contributed by atoms with Gasteiger partial charge in [-0.2, -0.15) is 5.26 Å². The molecule has 13 heavy (non-hydrogen) atoms. The lowest BCUT2D eigenvalue weighted by Gasteiger charge is -1.96. The van der Waals surface area contributed by atoms with Crippen molar-refractivity contribution >= 4 is 5.91 Å². The lowest BCUT2D eigenvalue weighted by Crippen LogP contribution is -2.19. The highest BCUT2D eigenvalue weighted by Crippen LogP contribution is 2.05. The van der Waals surface area contributed by atoms with Crippen LogP contribution in [0.2, 0.25) is 0 Å². The lowest BCUT2D eigenvalue weighted by molar-refractivity contribution is -0.116. The molecule has 1 heterocycles. The Labute approximate surface area is 75.5 Å². The SMILES string of the molecule is C=CC(=O)NCc1ccc(C#N)o1. The second-order valence-corrected chi connectivity index (χ2v) is 2.30. The second kappa shape index (κ2) is 4.12. The molecule has 1 rings (SSSR count). The summed E-state index contributed by atoms with van der Waals surface area (Å²) in [7, 11) is 0. The molecule has 0 aliphatic rings. The van der Waals surface area contributed by atoms with E-state index in [9.17, 15) is 4.79 Å². The van der Waals surface area contributed by atoms with Gasteiger partial charge < -0.3 is 9.73 Å². The van der Waals surface area contributed by atoms with Gasteiger partial charge in [0.05, 0.1) is 6.54 Å². The van der Waals surface area contributed by atoms with Crippen molar-refractivity contribution in [1.29, 1.82) is 5.26 Å². The van der Waals surface area contributed by atoms with E-state index in [4.69, 9.17) is 9.68 Å². The number of hydrogen-bond donors (Lipinski definition) is 1. The zero-order chi connectivity index (χ0) is 9.68. The number of rotatable bonds is 3. The quantitative estimate of drug-likeness (QED) is 0.697. The molecule has 4 heteroatoms. The Hall–Kier alpha value is -2.02. The van der Waals surface area contributed by atoms with Crippen LogP contribution in [-0.4, -0.2) is 5.91 Å². The van der Waals surface area contributed by atoms with Gasteiger partial charge in [0.25, 0.3) is 0 Å². The highest BCUT2D eigenvalue weighted by molar-refractivity contribution is 5.86. The molecule has 0 radical (unpaired) electrons. The van der Waals surface area contributed by atoms with E-state index in [1.54, 1.807) is 12.1 Å². The van der Waals surface area contributed by atoms with Crippen molar-refractivity contribution in [2.45, 2.75) is 6.54 Å². The predicted octanol–water partition coefficient (Wildman–Crippen LogP) is 0.953. The Balaban J connectivity index is 2.51. The summed E-state index contributed by atoms with van der Waals surface area (Å²) in [5, 5.41) is 11.0. The molecule has 1 aromatic rings. The maximum Gasteiger partial charge on any atom is 0.243 e. The van der Waals surface area contributed by atoms with Gasteiger partial charge in [0.15, 0.2) is 0 Å². The van der Waals surface area contributed by atoms with Crippen molar-refractivity contribution in [1.82, 2.24) is 5.32 Å². The van der Waals surface area contributed by atoms with Gasteiger partial charge in [0, 0.05) is 0 Å². The third kappa shape index (κ3) is 2.49. The Morgan fingerprint density at radius 2 is 2.54 bits per heavy atom.